The van der Waals surface area contributed by atoms with Crippen molar-refractivity contribution in [3.8, 4) is 16.3 Å². The largest absolute Gasteiger partial charge is 0.480 e. The summed E-state index contributed by atoms with van der Waals surface area (Å²) in [7, 11) is -2.60. The molecule has 1 aromatic carbocycles. The molecule has 0 radical (unpaired) electrons. The Morgan fingerprint density at radius 3 is 2.89 bits per heavy atom. The number of fused-ring (bicyclic) bond motifs is 9. The summed E-state index contributed by atoms with van der Waals surface area (Å²) in [4.78, 5) is 29.5. The number of hydrogen-bond donors (Lipinski definition) is 2. The van der Waals surface area contributed by atoms with Crippen molar-refractivity contribution in [2.45, 2.75) is 17.7 Å². The van der Waals surface area contributed by atoms with Gasteiger partial charge in [-0.1, -0.05) is 6.07 Å². The molecule has 1 atom stereocenters. The monoisotopic (exact) mass is 536 g/mol. The van der Waals surface area contributed by atoms with Gasteiger partial charge in [0.05, 0.1) is 22.2 Å². The van der Waals surface area contributed by atoms with E-state index in [9.17, 15) is 13.2 Å². The van der Waals surface area contributed by atoms with Gasteiger partial charge in [-0.3, -0.25) is 9.52 Å². The molecule has 2 N–H and O–H groups in total. The molecule has 8 bridgehead atoms. The number of aromatic nitrogens is 3. The lowest BCUT2D eigenvalue weighted by molar-refractivity contribution is 0.0945. The minimum absolute atomic E-state index is 0.0284. The molecule has 0 spiro atoms. The van der Waals surface area contributed by atoms with Gasteiger partial charge in [0.1, 0.15) is 17.8 Å². The zero-order valence-electron chi connectivity index (χ0n) is 20.0. The average Bonchev–Trinajstić information content (AvgIpc) is 3.36. The van der Waals surface area contributed by atoms with Gasteiger partial charge in [0.25, 0.3) is 15.9 Å². The van der Waals surface area contributed by atoms with Gasteiger partial charge in [-0.2, -0.15) is 0 Å². The Kier molecular flexibility index (Phi) is 5.92. The molecular formula is C25H24N6O4S2. The fourth-order valence-electron chi connectivity index (χ4n) is 4.80. The molecule has 1 saturated heterocycles. The van der Waals surface area contributed by atoms with E-state index in [1.807, 2.05) is 6.07 Å². The van der Waals surface area contributed by atoms with Crippen LogP contribution < -0.4 is 19.7 Å². The molecule has 4 aromatic rings. The van der Waals surface area contributed by atoms with E-state index in [-0.39, 0.29) is 33.9 Å². The predicted octanol–water partition coefficient (Wildman–Crippen LogP) is 3.52. The van der Waals surface area contributed by atoms with E-state index < -0.39 is 10.0 Å². The summed E-state index contributed by atoms with van der Waals surface area (Å²) in [5.41, 5.74) is 2.00. The number of ether oxygens (including phenoxy) is 1. The number of hydrogen-bond acceptors (Lipinski definition) is 9. The van der Waals surface area contributed by atoms with Crippen molar-refractivity contribution < 1.29 is 17.9 Å². The van der Waals surface area contributed by atoms with Crippen LogP contribution in [0.4, 0.5) is 11.5 Å². The highest BCUT2D eigenvalue weighted by Gasteiger charge is 2.25. The molecule has 0 unspecified atom stereocenters. The van der Waals surface area contributed by atoms with Crippen LogP contribution in [0.2, 0.25) is 0 Å². The molecule has 3 aromatic heterocycles. The number of nitrogens with one attached hydrogen (secondary N) is 2. The van der Waals surface area contributed by atoms with Crippen LogP contribution in [0.1, 0.15) is 23.2 Å². The normalized spacial score (nSPS) is 19.0. The molecule has 2 aliphatic rings. The third-order valence-electron chi connectivity index (χ3n) is 6.64. The minimum Gasteiger partial charge on any atom is -0.480 e. The third kappa shape index (κ3) is 4.46. The topological polar surface area (TPSA) is 126 Å². The number of pyridine rings is 1. The zero-order chi connectivity index (χ0) is 25.6. The number of rotatable bonds is 1. The van der Waals surface area contributed by atoms with Crippen LogP contribution in [0.25, 0.3) is 20.7 Å². The second-order valence-electron chi connectivity index (χ2n) is 9.10. The van der Waals surface area contributed by atoms with Crippen molar-refractivity contribution in [2.75, 3.05) is 36.4 Å². The van der Waals surface area contributed by atoms with Crippen molar-refractivity contribution in [2.24, 2.45) is 5.92 Å². The molecule has 1 fully saturated rings. The Balaban J connectivity index is 1.51. The van der Waals surface area contributed by atoms with E-state index in [0.717, 1.165) is 52.4 Å². The first kappa shape index (κ1) is 23.6. The van der Waals surface area contributed by atoms with E-state index in [1.165, 1.54) is 30.6 Å². The first-order valence-corrected chi connectivity index (χ1v) is 14.2. The molecule has 0 saturated carbocycles. The lowest BCUT2D eigenvalue weighted by Crippen LogP contribution is -2.41. The number of benzene rings is 1. The molecule has 5 heterocycles. The van der Waals surface area contributed by atoms with Crippen molar-refractivity contribution in [1.29, 1.82) is 0 Å². The number of carbonyl (C=O) groups is 1. The Morgan fingerprint density at radius 2 is 2.03 bits per heavy atom. The highest BCUT2D eigenvalue weighted by molar-refractivity contribution is 7.92. The summed E-state index contributed by atoms with van der Waals surface area (Å²) < 4.78 is 35.5. The standard InChI is InChI=1S/C25H24N6O4S2/c1-35-25-20-9-17(12-27-25)21-10-19-22(36-21)23(29-14-28-19)31-7-3-4-15(13-31)11-26-24(32)16-5-2-6-18(8-16)37(33,34)30-20/h2,5-6,8-10,12,14-15,30H,3-4,7,11,13H2,1H3,(H,26,32)/t15-/m0/s1. The SMILES string of the molecule is COc1ncc2cc1NS(=O)(=O)c1cccc(c1)C(=O)NC[C@@H]1CCCN(C1)c1ncnc3cc-2sc13. The molecular weight excluding hydrogens is 512 g/mol. The maximum absolute atomic E-state index is 13.3. The van der Waals surface area contributed by atoms with Gasteiger partial charge >= 0.3 is 0 Å². The summed E-state index contributed by atoms with van der Waals surface area (Å²) in [5, 5.41) is 2.99. The van der Waals surface area contributed by atoms with Crippen LogP contribution >= 0.6 is 11.3 Å². The summed E-state index contributed by atoms with van der Waals surface area (Å²) in [6.07, 6.45) is 5.18. The second-order valence-corrected chi connectivity index (χ2v) is 11.8. The van der Waals surface area contributed by atoms with Crippen LogP contribution in [0, 0.1) is 5.92 Å². The number of anilines is 2. The zero-order valence-corrected chi connectivity index (χ0v) is 21.6. The average molecular weight is 537 g/mol. The van der Waals surface area contributed by atoms with Gasteiger partial charge in [0.2, 0.25) is 5.88 Å². The number of sulfonamides is 1. The number of piperidine rings is 1. The van der Waals surface area contributed by atoms with Crippen molar-refractivity contribution in [3.63, 3.8) is 0 Å². The number of methoxy groups -OCH3 is 1. The first-order valence-electron chi connectivity index (χ1n) is 11.9. The summed E-state index contributed by atoms with van der Waals surface area (Å²) in [5.74, 6) is 0.928. The summed E-state index contributed by atoms with van der Waals surface area (Å²) in [6.45, 7) is 2.12. The Hall–Kier alpha value is -3.77. The van der Waals surface area contributed by atoms with Gasteiger partial charge in [-0.05, 0) is 49.1 Å². The second kappa shape index (κ2) is 9.27. The predicted molar refractivity (Wildman–Crippen MR) is 142 cm³/mol. The molecule has 6 rings (SSSR count). The highest BCUT2D eigenvalue weighted by Crippen LogP contribution is 2.39. The summed E-state index contributed by atoms with van der Waals surface area (Å²) >= 11 is 1.54. The van der Waals surface area contributed by atoms with Crippen molar-refractivity contribution in [3.05, 3.63) is 54.5 Å². The van der Waals surface area contributed by atoms with Gasteiger partial charge in [0.15, 0.2) is 0 Å². The lowest BCUT2D eigenvalue weighted by atomic mass is 9.98. The Bertz CT molecular complexity index is 1620. The molecule has 2 aliphatic heterocycles. The van der Waals surface area contributed by atoms with E-state index in [2.05, 4.69) is 29.9 Å². The molecule has 12 heteroatoms. The van der Waals surface area contributed by atoms with Crippen molar-refractivity contribution in [1.82, 2.24) is 20.3 Å². The maximum atomic E-state index is 13.3. The van der Waals surface area contributed by atoms with E-state index >= 15 is 0 Å². The molecule has 1 amide bonds. The van der Waals surface area contributed by atoms with Crippen LogP contribution in [0.3, 0.4) is 0 Å². The van der Waals surface area contributed by atoms with Gasteiger partial charge < -0.3 is 15.0 Å². The number of amides is 1. The van der Waals surface area contributed by atoms with Crippen LogP contribution in [0.5, 0.6) is 5.88 Å². The van der Waals surface area contributed by atoms with Crippen LogP contribution in [-0.4, -0.2) is 56.0 Å². The highest BCUT2D eigenvalue weighted by atomic mass is 32.2. The van der Waals surface area contributed by atoms with E-state index in [4.69, 9.17) is 4.74 Å². The summed E-state index contributed by atoms with van der Waals surface area (Å²) in [6, 6.07) is 9.65. The minimum atomic E-state index is -4.03. The first-order chi connectivity index (χ1) is 17.9. The molecule has 10 nitrogen and oxygen atoms in total. The van der Waals surface area contributed by atoms with Gasteiger partial charge in [-0.25, -0.2) is 23.4 Å². The Labute approximate surface area is 217 Å². The number of nitrogens with zero attached hydrogens (tertiary/aromatic N) is 4. The van der Waals surface area contributed by atoms with Gasteiger partial charge in [0, 0.05) is 41.8 Å². The van der Waals surface area contributed by atoms with Crippen molar-refractivity contribution >= 4 is 49.0 Å². The third-order valence-corrected chi connectivity index (χ3v) is 9.17. The van der Waals surface area contributed by atoms with E-state index in [0.29, 0.717) is 6.54 Å². The van der Waals surface area contributed by atoms with E-state index in [1.54, 1.807) is 30.7 Å². The smallest absolute Gasteiger partial charge is 0.262 e. The quantitative estimate of drug-likeness (QED) is 0.378. The number of thiophene rings is 1. The molecule has 37 heavy (non-hydrogen) atoms. The fourth-order valence-corrected chi connectivity index (χ4v) is 7.01. The lowest BCUT2D eigenvalue weighted by Gasteiger charge is -2.33. The maximum Gasteiger partial charge on any atom is 0.262 e. The molecule has 0 aliphatic carbocycles. The van der Waals surface area contributed by atoms with Crippen LogP contribution in [0.15, 0.2) is 53.8 Å². The Morgan fingerprint density at radius 1 is 1.14 bits per heavy atom. The molecule has 190 valence electrons. The van der Waals surface area contributed by atoms with Crippen LogP contribution in [-0.2, 0) is 10.0 Å². The number of carbonyl (C=O) groups excluding carboxylic acids is 1. The van der Waals surface area contributed by atoms with Gasteiger partial charge in [-0.15, -0.1) is 11.3 Å². The fraction of sp³-hybridized carbons (Fsp3) is 0.280.